The molecule has 228 valence electrons. The first-order valence-corrected chi connectivity index (χ1v) is 15.9. The highest BCUT2D eigenvalue weighted by molar-refractivity contribution is 6.04. The highest BCUT2D eigenvalue weighted by Crippen LogP contribution is 2.41. The SMILES string of the molecule is COc1cc(C(=O)N2CC3CCC2[C@@H]3N)cc2nc(-c3cc4ccc(-c5cccc6c5NC(=O)C6)nc4n3CC3CC3)n(C)c12. The molecular weight excluding hydrogens is 566 g/mol. The Balaban J connectivity index is 1.16. The van der Waals surface area contributed by atoms with Crippen molar-refractivity contribution in [3.63, 3.8) is 0 Å². The van der Waals surface area contributed by atoms with E-state index < -0.39 is 0 Å². The normalized spacial score (nSPS) is 22.1. The van der Waals surface area contributed by atoms with Crippen molar-refractivity contribution in [1.82, 2.24) is 24.0 Å². The summed E-state index contributed by atoms with van der Waals surface area (Å²) in [6.07, 6.45) is 4.84. The number of likely N-dealkylation sites (tertiary alicyclic amines) is 1. The zero-order chi connectivity index (χ0) is 30.6. The van der Waals surface area contributed by atoms with Gasteiger partial charge in [0.05, 0.1) is 36.1 Å². The summed E-state index contributed by atoms with van der Waals surface area (Å²) in [5.41, 5.74) is 14.0. The van der Waals surface area contributed by atoms with Crippen LogP contribution in [0.4, 0.5) is 5.69 Å². The van der Waals surface area contributed by atoms with E-state index in [1.54, 1.807) is 7.11 Å². The second kappa shape index (κ2) is 9.65. The van der Waals surface area contributed by atoms with Gasteiger partial charge in [-0.1, -0.05) is 18.2 Å². The molecule has 0 radical (unpaired) electrons. The Morgan fingerprint density at radius 2 is 1.96 bits per heavy atom. The van der Waals surface area contributed by atoms with Gasteiger partial charge < -0.3 is 29.8 Å². The number of rotatable bonds is 6. The smallest absolute Gasteiger partial charge is 0.254 e. The molecule has 9 rings (SSSR count). The summed E-state index contributed by atoms with van der Waals surface area (Å²) in [4.78, 5) is 38.2. The number of pyridine rings is 1. The average molecular weight is 602 g/mol. The predicted molar refractivity (Wildman–Crippen MR) is 172 cm³/mol. The number of aryl methyl sites for hydroxylation is 1. The van der Waals surface area contributed by atoms with Gasteiger partial charge in [0.25, 0.3) is 5.91 Å². The molecule has 2 aliphatic heterocycles. The predicted octanol–water partition coefficient (Wildman–Crippen LogP) is 4.73. The summed E-state index contributed by atoms with van der Waals surface area (Å²) in [6, 6.07) is 16.2. The monoisotopic (exact) mass is 601 g/mol. The number of carbonyl (C=O) groups excluding carboxylic acids is 2. The van der Waals surface area contributed by atoms with Crippen LogP contribution in [0, 0.1) is 11.8 Å². The Morgan fingerprint density at radius 1 is 1.09 bits per heavy atom. The number of nitrogens with one attached hydrogen (secondary N) is 1. The number of aromatic nitrogens is 4. The van der Waals surface area contributed by atoms with E-state index in [1.807, 2.05) is 48.3 Å². The fourth-order valence-corrected chi connectivity index (χ4v) is 7.94. The molecule has 2 bridgehead atoms. The van der Waals surface area contributed by atoms with Crippen LogP contribution in [0.1, 0.15) is 41.6 Å². The van der Waals surface area contributed by atoms with Gasteiger partial charge in [0.2, 0.25) is 5.91 Å². The third-order valence-corrected chi connectivity index (χ3v) is 10.5. The molecule has 5 aromatic rings. The molecule has 2 amide bonds. The maximum absolute atomic E-state index is 13.7. The molecule has 2 saturated carbocycles. The molecule has 2 aromatic carbocycles. The van der Waals surface area contributed by atoms with Crippen molar-refractivity contribution < 1.29 is 14.3 Å². The Labute approximate surface area is 260 Å². The van der Waals surface area contributed by atoms with Crippen LogP contribution in [0.15, 0.2) is 48.5 Å². The van der Waals surface area contributed by atoms with Gasteiger partial charge >= 0.3 is 0 Å². The lowest BCUT2D eigenvalue weighted by Crippen LogP contribution is -2.41. The van der Waals surface area contributed by atoms with E-state index in [1.165, 1.54) is 12.8 Å². The first-order chi connectivity index (χ1) is 21.9. The zero-order valence-corrected chi connectivity index (χ0v) is 25.4. The quantitative estimate of drug-likeness (QED) is 0.290. The number of anilines is 1. The minimum atomic E-state index is -0.00628. The second-order valence-corrected chi connectivity index (χ2v) is 13.2. The number of hydrogen-bond acceptors (Lipinski definition) is 6. The number of para-hydroxylation sites is 1. The van der Waals surface area contributed by atoms with E-state index >= 15 is 0 Å². The molecule has 1 saturated heterocycles. The summed E-state index contributed by atoms with van der Waals surface area (Å²) in [5, 5.41) is 4.06. The maximum Gasteiger partial charge on any atom is 0.254 e. The van der Waals surface area contributed by atoms with Gasteiger partial charge in [0, 0.05) is 48.7 Å². The van der Waals surface area contributed by atoms with Crippen LogP contribution < -0.4 is 15.8 Å². The lowest BCUT2D eigenvalue weighted by atomic mass is 10.0. The van der Waals surface area contributed by atoms with E-state index in [0.717, 1.165) is 75.5 Å². The van der Waals surface area contributed by atoms with Crippen LogP contribution in [0.2, 0.25) is 0 Å². The van der Waals surface area contributed by atoms with Crippen molar-refractivity contribution in [2.75, 3.05) is 19.0 Å². The fourth-order valence-electron chi connectivity index (χ4n) is 7.94. The molecule has 5 heterocycles. The van der Waals surface area contributed by atoms with Crippen molar-refractivity contribution in [2.24, 2.45) is 24.6 Å². The molecule has 4 aliphatic rings. The van der Waals surface area contributed by atoms with Gasteiger partial charge in [-0.05, 0) is 73.4 Å². The number of hydrogen-bond donors (Lipinski definition) is 2. The topological polar surface area (TPSA) is 120 Å². The van der Waals surface area contributed by atoms with E-state index in [-0.39, 0.29) is 23.9 Å². The summed E-state index contributed by atoms with van der Waals surface area (Å²) < 4.78 is 10.2. The Morgan fingerprint density at radius 3 is 2.71 bits per heavy atom. The molecular formula is C35H35N7O3. The van der Waals surface area contributed by atoms with Gasteiger partial charge in [-0.2, -0.15) is 0 Å². The lowest BCUT2D eigenvalue weighted by molar-refractivity contribution is -0.115. The summed E-state index contributed by atoms with van der Waals surface area (Å²) >= 11 is 0. The van der Waals surface area contributed by atoms with Crippen LogP contribution in [-0.4, -0.2) is 61.6 Å². The molecule has 3 aromatic heterocycles. The molecule has 10 nitrogen and oxygen atoms in total. The number of nitrogens with two attached hydrogens (primary N) is 1. The molecule has 3 atom stereocenters. The van der Waals surface area contributed by atoms with Crippen LogP contribution in [0.25, 0.3) is 44.8 Å². The Kier molecular flexibility index (Phi) is 5.72. The van der Waals surface area contributed by atoms with Gasteiger partial charge in [-0.15, -0.1) is 0 Å². The van der Waals surface area contributed by atoms with Crippen LogP contribution in [-0.2, 0) is 24.8 Å². The van der Waals surface area contributed by atoms with Crippen LogP contribution in [0.5, 0.6) is 5.75 Å². The molecule has 2 aliphatic carbocycles. The third-order valence-electron chi connectivity index (χ3n) is 10.5. The second-order valence-electron chi connectivity index (χ2n) is 13.2. The number of benzene rings is 2. The van der Waals surface area contributed by atoms with Crippen LogP contribution >= 0.6 is 0 Å². The highest BCUT2D eigenvalue weighted by atomic mass is 16.5. The highest BCUT2D eigenvalue weighted by Gasteiger charge is 2.47. The average Bonchev–Trinajstić information content (AvgIpc) is 3.27. The van der Waals surface area contributed by atoms with Gasteiger partial charge in [0.1, 0.15) is 16.9 Å². The molecule has 45 heavy (non-hydrogen) atoms. The number of nitrogens with zero attached hydrogens (tertiary/aromatic N) is 5. The number of carbonyl (C=O) groups is 2. The van der Waals surface area contributed by atoms with E-state index in [0.29, 0.717) is 36.1 Å². The van der Waals surface area contributed by atoms with Crippen molar-refractivity contribution in [3.8, 4) is 28.5 Å². The Bertz CT molecular complexity index is 2070. The summed E-state index contributed by atoms with van der Waals surface area (Å²) in [7, 11) is 3.64. The van der Waals surface area contributed by atoms with Crippen molar-refractivity contribution in [2.45, 2.75) is 50.7 Å². The van der Waals surface area contributed by atoms with E-state index in [9.17, 15) is 9.59 Å². The zero-order valence-electron chi connectivity index (χ0n) is 25.4. The summed E-state index contributed by atoms with van der Waals surface area (Å²) in [5.74, 6) is 2.40. The number of fused-ring (bicyclic) bond motifs is 5. The van der Waals surface area contributed by atoms with Crippen molar-refractivity contribution in [1.29, 1.82) is 0 Å². The fraction of sp³-hybridized carbons (Fsp3) is 0.371. The van der Waals surface area contributed by atoms with E-state index in [4.69, 9.17) is 20.4 Å². The largest absolute Gasteiger partial charge is 0.494 e. The molecule has 2 unspecified atom stereocenters. The lowest BCUT2D eigenvalue weighted by Gasteiger charge is -2.27. The minimum Gasteiger partial charge on any atom is -0.494 e. The van der Waals surface area contributed by atoms with Gasteiger partial charge in [0.15, 0.2) is 5.82 Å². The number of methoxy groups -OCH3 is 1. The minimum absolute atomic E-state index is 0.00628. The molecule has 10 heteroatoms. The van der Waals surface area contributed by atoms with E-state index in [2.05, 4.69) is 26.6 Å². The molecule has 3 N–H and O–H groups in total. The van der Waals surface area contributed by atoms with Gasteiger partial charge in [-0.25, -0.2) is 9.97 Å². The van der Waals surface area contributed by atoms with Gasteiger partial charge in [-0.3, -0.25) is 9.59 Å². The first-order valence-electron chi connectivity index (χ1n) is 15.9. The van der Waals surface area contributed by atoms with Crippen LogP contribution in [0.3, 0.4) is 0 Å². The molecule has 0 spiro atoms. The Hall–Kier alpha value is -4.70. The summed E-state index contributed by atoms with van der Waals surface area (Å²) in [6.45, 7) is 1.56. The number of amides is 2. The maximum atomic E-state index is 13.7. The third kappa shape index (κ3) is 4.04. The number of piperidine rings is 1. The standard InChI is InChI=1S/C35H35N7O3/c1-40-32-25(12-22(14-28(32)45-2)35(44)42-17-21-9-11-26(42)30(21)36)38-34(40)27-13-20-8-10-24(37-33(20)41(27)16-18-6-7-18)23-5-3-4-19-15-29(43)39-31(19)23/h3-5,8,10,12-14,18,21,26,30H,6-7,9,11,15-17,36H2,1-2H3,(H,39,43)/t21?,26?,30-/m1/s1. The number of imidazole rings is 1. The van der Waals surface area contributed by atoms with Crippen molar-refractivity contribution >= 4 is 39.6 Å². The van der Waals surface area contributed by atoms with Crippen molar-refractivity contribution in [3.05, 3.63) is 59.7 Å². The number of ether oxygens (including phenoxy) is 1. The first kappa shape index (κ1) is 26.7. The molecule has 3 fully saturated rings.